The van der Waals surface area contributed by atoms with Crippen LogP contribution in [0, 0.1) is 0 Å². The Morgan fingerprint density at radius 3 is 2.31 bits per heavy atom. The maximum atomic E-state index is 13.7. The average molecular weight is 680 g/mol. The van der Waals surface area contributed by atoms with E-state index in [-0.39, 0.29) is 24.6 Å². The average Bonchev–Trinajstić information content (AvgIpc) is 3.39. The van der Waals surface area contributed by atoms with Gasteiger partial charge in [0.05, 0.1) is 37.3 Å². The van der Waals surface area contributed by atoms with Crippen LogP contribution in [0.4, 0.5) is 11.4 Å². The number of hydrogen-bond donors (Lipinski definition) is 2. The number of esters is 1. The fourth-order valence-electron chi connectivity index (χ4n) is 5.06. The summed E-state index contributed by atoms with van der Waals surface area (Å²) in [7, 11) is 2.97. The minimum Gasteiger partial charge on any atom is -0.493 e. The van der Waals surface area contributed by atoms with Crippen molar-refractivity contribution in [3.05, 3.63) is 119 Å². The topological polar surface area (TPSA) is 140 Å². The van der Waals surface area contributed by atoms with Crippen molar-refractivity contribution in [2.75, 3.05) is 31.0 Å². The fourth-order valence-corrected chi connectivity index (χ4v) is 6.17. The Bertz CT molecular complexity index is 1910. The third-order valence-corrected chi connectivity index (χ3v) is 8.55. The molecule has 49 heavy (non-hydrogen) atoms. The molecule has 11 nitrogen and oxygen atoms in total. The summed E-state index contributed by atoms with van der Waals surface area (Å²) in [5.74, 6) is -1.53. The standard InChI is InChI=1S/C37H33N3O8S/c1-4-48-37(45)24-16-18-27(19-17-24)40-32(41)22-31(36(40)44)49-28-14-9-13-26(21-28)38-35(43)29(39-34(42)23-10-6-5-7-11-23)20-25-12-8-15-30(46-2)33(25)47-3/h5-21,31H,4,22H2,1-3H3,(H,38,43)(H,39,42)/b29-20-/t31-/m1/s1. The molecule has 1 aliphatic heterocycles. The van der Waals surface area contributed by atoms with E-state index in [1.165, 1.54) is 56.3 Å². The second kappa shape index (κ2) is 15.8. The maximum absolute atomic E-state index is 13.7. The first kappa shape index (κ1) is 34.5. The SMILES string of the molecule is CCOC(=O)c1ccc(N2C(=O)C[C@@H](Sc3cccc(NC(=O)/C(=C/c4cccc(OC)c4OC)NC(=O)c4ccccc4)c3)C2=O)cc1. The van der Waals surface area contributed by atoms with Gasteiger partial charge in [-0.2, -0.15) is 0 Å². The number of amides is 4. The molecule has 12 heteroatoms. The van der Waals surface area contributed by atoms with Gasteiger partial charge in [-0.05, 0) is 73.7 Å². The van der Waals surface area contributed by atoms with Crippen LogP contribution in [-0.4, -0.2) is 55.7 Å². The van der Waals surface area contributed by atoms with Crippen LogP contribution in [0.5, 0.6) is 11.5 Å². The summed E-state index contributed by atoms with van der Waals surface area (Å²) in [5.41, 5.74) is 1.87. The highest BCUT2D eigenvalue weighted by Crippen LogP contribution is 2.35. The number of imide groups is 1. The maximum Gasteiger partial charge on any atom is 0.338 e. The second-order valence-electron chi connectivity index (χ2n) is 10.6. The molecule has 0 aliphatic carbocycles. The third kappa shape index (κ3) is 8.17. The zero-order valence-electron chi connectivity index (χ0n) is 26.9. The first-order chi connectivity index (χ1) is 23.7. The van der Waals surface area contributed by atoms with Gasteiger partial charge in [0.1, 0.15) is 5.70 Å². The molecular formula is C37H33N3O8S. The van der Waals surface area contributed by atoms with E-state index in [0.29, 0.717) is 44.5 Å². The fraction of sp³-hybridized carbons (Fsp3) is 0.162. The molecule has 4 aromatic carbocycles. The molecule has 0 unspecified atom stereocenters. The Labute approximate surface area is 287 Å². The molecule has 0 spiro atoms. The van der Waals surface area contributed by atoms with Gasteiger partial charge in [0, 0.05) is 28.1 Å². The van der Waals surface area contributed by atoms with E-state index in [2.05, 4.69) is 10.6 Å². The van der Waals surface area contributed by atoms with Crippen LogP contribution in [-0.2, 0) is 19.1 Å². The van der Waals surface area contributed by atoms with Crippen LogP contribution >= 0.6 is 11.8 Å². The van der Waals surface area contributed by atoms with E-state index in [1.54, 1.807) is 79.7 Å². The highest BCUT2D eigenvalue weighted by Gasteiger charge is 2.40. The quantitative estimate of drug-likeness (QED) is 0.109. The van der Waals surface area contributed by atoms with E-state index in [9.17, 15) is 24.0 Å². The lowest BCUT2D eigenvalue weighted by Crippen LogP contribution is -2.31. The largest absolute Gasteiger partial charge is 0.493 e. The van der Waals surface area contributed by atoms with E-state index >= 15 is 0 Å². The smallest absolute Gasteiger partial charge is 0.338 e. The summed E-state index contributed by atoms with van der Waals surface area (Å²) in [6.45, 7) is 1.94. The predicted molar refractivity (Wildman–Crippen MR) is 186 cm³/mol. The highest BCUT2D eigenvalue weighted by atomic mass is 32.2. The first-order valence-electron chi connectivity index (χ1n) is 15.2. The lowest BCUT2D eigenvalue weighted by Gasteiger charge is -2.16. The van der Waals surface area contributed by atoms with Gasteiger partial charge in [0.2, 0.25) is 11.8 Å². The number of para-hydroxylation sites is 1. The Balaban J connectivity index is 1.34. The van der Waals surface area contributed by atoms with E-state index in [1.807, 2.05) is 0 Å². The monoisotopic (exact) mass is 679 g/mol. The van der Waals surface area contributed by atoms with Gasteiger partial charge < -0.3 is 24.8 Å². The summed E-state index contributed by atoms with van der Waals surface area (Å²) in [6.07, 6.45) is 1.47. The molecule has 0 aromatic heterocycles. The normalized spacial score (nSPS) is 14.3. The van der Waals surface area contributed by atoms with E-state index in [4.69, 9.17) is 14.2 Å². The Morgan fingerprint density at radius 1 is 0.878 bits per heavy atom. The Morgan fingerprint density at radius 2 is 1.61 bits per heavy atom. The summed E-state index contributed by atoms with van der Waals surface area (Å²) in [6, 6.07) is 26.6. The van der Waals surface area contributed by atoms with Crippen LogP contribution in [0.1, 0.15) is 39.6 Å². The molecule has 1 saturated heterocycles. The number of nitrogens with one attached hydrogen (secondary N) is 2. The summed E-state index contributed by atoms with van der Waals surface area (Å²) >= 11 is 1.19. The van der Waals surface area contributed by atoms with Crippen molar-refractivity contribution >= 4 is 58.8 Å². The van der Waals surface area contributed by atoms with Gasteiger partial charge in [-0.1, -0.05) is 36.4 Å². The molecule has 0 radical (unpaired) electrons. The molecular weight excluding hydrogens is 646 g/mol. The van der Waals surface area contributed by atoms with Gasteiger partial charge >= 0.3 is 5.97 Å². The molecule has 2 N–H and O–H groups in total. The molecule has 1 atom stereocenters. The van der Waals surface area contributed by atoms with Crippen molar-refractivity contribution in [1.82, 2.24) is 5.32 Å². The van der Waals surface area contributed by atoms with Crippen molar-refractivity contribution in [2.45, 2.75) is 23.5 Å². The van der Waals surface area contributed by atoms with Crippen molar-refractivity contribution in [1.29, 1.82) is 0 Å². The number of rotatable bonds is 12. The number of anilines is 2. The van der Waals surface area contributed by atoms with Crippen molar-refractivity contribution in [3.8, 4) is 11.5 Å². The molecule has 5 rings (SSSR count). The second-order valence-corrected chi connectivity index (χ2v) is 11.9. The molecule has 250 valence electrons. The molecule has 0 bridgehead atoms. The summed E-state index contributed by atoms with van der Waals surface area (Å²) in [5, 5.41) is 4.82. The summed E-state index contributed by atoms with van der Waals surface area (Å²) < 4.78 is 15.9. The van der Waals surface area contributed by atoms with Crippen LogP contribution in [0.25, 0.3) is 6.08 Å². The van der Waals surface area contributed by atoms with Crippen LogP contribution in [0.15, 0.2) is 108 Å². The number of methoxy groups -OCH3 is 2. The number of ether oxygens (including phenoxy) is 3. The zero-order valence-corrected chi connectivity index (χ0v) is 27.7. The molecule has 4 aromatic rings. The van der Waals surface area contributed by atoms with Gasteiger partial charge in [-0.3, -0.25) is 19.2 Å². The Hall–Kier alpha value is -5.88. The molecule has 1 heterocycles. The van der Waals surface area contributed by atoms with Gasteiger partial charge in [-0.25, -0.2) is 9.69 Å². The number of carbonyl (C=O) groups excluding carboxylic acids is 5. The van der Waals surface area contributed by atoms with Crippen LogP contribution in [0.3, 0.4) is 0 Å². The minimum absolute atomic E-state index is 0.0273. The van der Waals surface area contributed by atoms with Gasteiger partial charge in [0.15, 0.2) is 11.5 Å². The van der Waals surface area contributed by atoms with Crippen molar-refractivity contribution in [2.24, 2.45) is 0 Å². The minimum atomic E-state index is -0.704. The Kier molecular flexibility index (Phi) is 11.1. The van der Waals surface area contributed by atoms with E-state index in [0.717, 1.165) is 4.90 Å². The number of benzene rings is 4. The highest BCUT2D eigenvalue weighted by molar-refractivity contribution is 8.00. The molecule has 4 amide bonds. The van der Waals surface area contributed by atoms with Crippen LogP contribution in [0.2, 0.25) is 0 Å². The lowest BCUT2D eigenvalue weighted by atomic mass is 10.1. The van der Waals surface area contributed by atoms with E-state index < -0.39 is 28.9 Å². The third-order valence-electron chi connectivity index (χ3n) is 7.37. The van der Waals surface area contributed by atoms with Crippen LogP contribution < -0.4 is 25.0 Å². The molecule has 1 aliphatic rings. The zero-order chi connectivity index (χ0) is 34.9. The predicted octanol–water partition coefficient (Wildman–Crippen LogP) is 5.71. The number of thioether (sulfide) groups is 1. The summed E-state index contributed by atoms with van der Waals surface area (Å²) in [4.78, 5) is 66.8. The number of hydrogen-bond acceptors (Lipinski definition) is 9. The number of carbonyl (C=O) groups is 5. The first-order valence-corrected chi connectivity index (χ1v) is 16.1. The van der Waals surface area contributed by atoms with Gasteiger partial charge in [0.25, 0.3) is 11.8 Å². The molecule has 1 fully saturated rings. The lowest BCUT2D eigenvalue weighted by molar-refractivity contribution is -0.121. The van der Waals surface area contributed by atoms with Crippen molar-refractivity contribution in [3.63, 3.8) is 0 Å². The number of nitrogens with zero attached hydrogens (tertiary/aromatic N) is 1. The molecule has 0 saturated carbocycles. The van der Waals surface area contributed by atoms with Gasteiger partial charge in [-0.15, -0.1) is 11.8 Å². The van der Waals surface area contributed by atoms with Crippen molar-refractivity contribution < 1.29 is 38.2 Å².